The van der Waals surface area contributed by atoms with Crippen molar-refractivity contribution in [1.82, 2.24) is 20.4 Å². The first kappa shape index (κ1) is 20.3. The van der Waals surface area contributed by atoms with E-state index in [1.54, 1.807) is 29.4 Å². The fourth-order valence-corrected chi connectivity index (χ4v) is 3.00. The van der Waals surface area contributed by atoms with Gasteiger partial charge in [0.05, 0.1) is 22.0 Å². The summed E-state index contributed by atoms with van der Waals surface area (Å²) < 4.78 is 0.591. The molecule has 2 heterocycles. The van der Waals surface area contributed by atoms with Gasteiger partial charge in [0.2, 0.25) is 0 Å². The van der Waals surface area contributed by atoms with Crippen LogP contribution in [0.25, 0.3) is 0 Å². The van der Waals surface area contributed by atoms with Crippen molar-refractivity contribution in [3.8, 4) is 0 Å². The first-order valence-electron chi connectivity index (χ1n) is 5.77. The van der Waals surface area contributed by atoms with Gasteiger partial charge < -0.3 is 11.1 Å². The number of carbonyl (C=O) groups excluding carboxylic acids is 1. The summed E-state index contributed by atoms with van der Waals surface area (Å²) in [4.78, 5) is 13.6. The molecule has 6 nitrogen and oxygen atoms in total. The van der Waals surface area contributed by atoms with E-state index in [0.29, 0.717) is 29.6 Å². The second-order valence-corrected chi connectivity index (χ2v) is 5.72. The molecule has 0 aromatic carbocycles. The van der Waals surface area contributed by atoms with Crippen molar-refractivity contribution in [1.29, 1.82) is 0 Å². The molecule has 0 radical (unpaired) electrons. The van der Waals surface area contributed by atoms with Crippen molar-refractivity contribution in [2.45, 2.75) is 18.3 Å². The lowest BCUT2D eigenvalue weighted by atomic mass is 10.4. The van der Waals surface area contributed by atoms with E-state index in [2.05, 4.69) is 15.5 Å². The highest BCUT2D eigenvalue weighted by Crippen LogP contribution is 2.36. The van der Waals surface area contributed by atoms with Crippen LogP contribution in [0.5, 0.6) is 0 Å². The highest BCUT2D eigenvalue weighted by atomic mass is 35.5. The van der Waals surface area contributed by atoms with Crippen LogP contribution in [0.4, 0.5) is 4.79 Å². The number of nitrogens with two attached hydrogens (primary N) is 1. The zero-order valence-corrected chi connectivity index (χ0v) is 14.1. The Morgan fingerprint density at radius 1 is 1.52 bits per heavy atom. The molecule has 1 atom stereocenters. The number of rotatable bonds is 4. The number of carbonyl (C=O) groups is 1. The predicted molar refractivity (Wildman–Crippen MR) is 89.6 cm³/mol. The van der Waals surface area contributed by atoms with Crippen LogP contribution in [0.1, 0.15) is 12.1 Å². The Hall–Kier alpha value is -0.730. The minimum absolute atomic E-state index is 0. The molecule has 10 heteroatoms. The van der Waals surface area contributed by atoms with Crippen molar-refractivity contribution in [3.05, 3.63) is 34.6 Å². The second kappa shape index (κ2) is 10.1. The molecule has 0 fully saturated rings. The predicted octanol–water partition coefficient (Wildman–Crippen LogP) is 2.29. The van der Waals surface area contributed by atoms with Gasteiger partial charge in [0.1, 0.15) is 0 Å². The second-order valence-electron chi connectivity index (χ2n) is 3.86. The number of amides is 2. The van der Waals surface area contributed by atoms with E-state index in [1.165, 1.54) is 11.8 Å². The lowest BCUT2D eigenvalue weighted by Crippen LogP contribution is -2.40. The Labute approximate surface area is 144 Å². The molecule has 0 saturated carbocycles. The minimum Gasteiger partial charge on any atom is -0.332 e. The average Bonchev–Trinajstić information content (AvgIpc) is 2.79. The molecule has 1 aliphatic heterocycles. The lowest BCUT2D eigenvalue weighted by Gasteiger charge is -2.22. The van der Waals surface area contributed by atoms with Gasteiger partial charge in [-0.15, -0.1) is 24.8 Å². The first-order chi connectivity index (χ1) is 9.20. The molecule has 1 aromatic heterocycles. The summed E-state index contributed by atoms with van der Waals surface area (Å²) in [5.41, 5.74) is 6.23. The molecule has 3 N–H and O–H groups in total. The molecule has 0 saturated heterocycles. The summed E-state index contributed by atoms with van der Waals surface area (Å²) in [6, 6.07) is 3.35. The smallest absolute Gasteiger partial charge is 0.322 e. The van der Waals surface area contributed by atoms with Gasteiger partial charge in [0, 0.05) is 12.4 Å². The Balaban J connectivity index is 0.00000200. The van der Waals surface area contributed by atoms with Crippen LogP contribution in [-0.2, 0) is 6.54 Å². The van der Waals surface area contributed by atoms with Crippen LogP contribution in [0, 0.1) is 0 Å². The van der Waals surface area contributed by atoms with Gasteiger partial charge in [-0.25, -0.2) is 4.79 Å². The molecular weight excluding hydrogens is 357 g/mol. The number of nitrogens with zero attached hydrogens (tertiary/aromatic N) is 3. The molecule has 2 rings (SSSR count). The number of aromatic nitrogens is 2. The Kier molecular flexibility index (Phi) is 9.72. The monoisotopic (exact) mass is 371 g/mol. The third kappa shape index (κ3) is 5.88. The fourth-order valence-electron chi connectivity index (χ4n) is 1.62. The first-order valence-corrected chi connectivity index (χ1v) is 7.03. The molecule has 0 spiro atoms. The molecule has 0 aliphatic carbocycles. The quantitative estimate of drug-likeness (QED) is 0.847. The van der Waals surface area contributed by atoms with E-state index in [9.17, 15) is 4.79 Å². The van der Waals surface area contributed by atoms with Gasteiger partial charge in [0.25, 0.3) is 0 Å². The number of hydrogen-bond donors (Lipinski definition) is 2. The average molecular weight is 373 g/mol. The van der Waals surface area contributed by atoms with Crippen LogP contribution in [-0.4, -0.2) is 33.0 Å². The van der Waals surface area contributed by atoms with E-state index < -0.39 is 0 Å². The van der Waals surface area contributed by atoms with Gasteiger partial charge in [-0.05, 0) is 25.1 Å². The summed E-state index contributed by atoms with van der Waals surface area (Å²) in [5, 5.41) is 10.4. The number of thioether (sulfide) groups is 1. The molecule has 1 aromatic rings. The van der Waals surface area contributed by atoms with E-state index >= 15 is 0 Å². The Morgan fingerprint density at radius 2 is 2.29 bits per heavy atom. The van der Waals surface area contributed by atoms with E-state index in [-0.39, 0.29) is 36.2 Å². The van der Waals surface area contributed by atoms with Crippen LogP contribution >= 0.6 is 48.2 Å². The van der Waals surface area contributed by atoms with Gasteiger partial charge in [0.15, 0.2) is 0 Å². The van der Waals surface area contributed by atoms with Crippen molar-refractivity contribution < 1.29 is 4.79 Å². The molecule has 118 valence electrons. The third-order valence-electron chi connectivity index (χ3n) is 2.50. The maximum absolute atomic E-state index is 12.1. The molecule has 1 aliphatic rings. The van der Waals surface area contributed by atoms with Crippen LogP contribution < -0.4 is 11.1 Å². The standard InChI is InChI=1S/C11H14ClN5OS.2ClH/c12-9-7-17(10(19-9)3-4-13)11(18)14-6-8-2-1-5-15-16-8;;/h1-2,5,7,10H,3-4,6,13H2,(H,14,18);2*1H. The van der Waals surface area contributed by atoms with Crippen molar-refractivity contribution in [3.63, 3.8) is 0 Å². The summed E-state index contributed by atoms with van der Waals surface area (Å²) in [6.45, 7) is 0.832. The molecule has 0 bridgehead atoms. The number of urea groups is 1. The SMILES string of the molecule is Cl.Cl.NCCC1SC(Cl)=CN1C(=O)NCc1cccnn1. The maximum atomic E-state index is 12.1. The normalized spacial score (nSPS) is 16.6. The number of hydrogen-bond acceptors (Lipinski definition) is 5. The molecule has 21 heavy (non-hydrogen) atoms. The summed E-state index contributed by atoms with van der Waals surface area (Å²) >= 11 is 7.37. The summed E-state index contributed by atoms with van der Waals surface area (Å²) in [7, 11) is 0. The lowest BCUT2D eigenvalue weighted by molar-refractivity contribution is 0.211. The van der Waals surface area contributed by atoms with Gasteiger partial charge in [-0.1, -0.05) is 23.4 Å². The topological polar surface area (TPSA) is 84.1 Å². The summed E-state index contributed by atoms with van der Waals surface area (Å²) in [5.74, 6) is 0. The van der Waals surface area contributed by atoms with Gasteiger partial charge >= 0.3 is 6.03 Å². The Morgan fingerprint density at radius 3 is 2.90 bits per heavy atom. The van der Waals surface area contributed by atoms with E-state index in [4.69, 9.17) is 17.3 Å². The Bertz CT molecular complexity index is 476. The van der Waals surface area contributed by atoms with Gasteiger partial charge in [-0.2, -0.15) is 10.2 Å². The minimum atomic E-state index is -0.216. The van der Waals surface area contributed by atoms with Crippen molar-refractivity contribution >= 4 is 54.2 Å². The van der Waals surface area contributed by atoms with Crippen LogP contribution in [0.15, 0.2) is 28.9 Å². The van der Waals surface area contributed by atoms with Crippen LogP contribution in [0.2, 0.25) is 0 Å². The van der Waals surface area contributed by atoms with Crippen LogP contribution in [0.3, 0.4) is 0 Å². The van der Waals surface area contributed by atoms with Crippen molar-refractivity contribution in [2.75, 3.05) is 6.54 Å². The highest BCUT2D eigenvalue weighted by molar-refractivity contribution is 8.05. The molecule has 1 unspecified atom stereocenters. The maximum Gasteiger partial charge on any atom is 0.322 e. The third-order valence-corrected chi connectivity index (χ3v) is 3.93. The highest BCUT2D eigenvalue weighted by Gasteiger charge is 2.28. The molecule has 2 amide bonds. The van der Waals surface area contributed by atoms with Gasteiger partial charge in [-0.3, -0.25) is 4.90 Å². The zero-order valence-electron chi connectivity index (χ0n) is 10.9. The summed E-state index contributed by atoms with van der Waals surface area (Å²) in [6.07, 6.45) is 3.90. The van der Waals surface area contributed by atoms with E-state index in [0.717, 1.165) is 0 Å². The fraction of sp³-hybridized carbons (Fsp3) is 0.364. The van der Waals surface area contributed by atoms with E-state index in [1.807, 2.05) is 0 Å². The van der Waals surface area contributed by atoms with Crippen molar-refractivity contribution in [2.24, 2.45) is 5.73 Å². The largest absolute Gasteiger partial charge is 0.332 e. The number of nitrogens with one attached hydrogen (secondary N) is 1. The zero-order chi connectivity index (χ0) is 13.7. The molecular formula is C11H16Cl3N5OS. The number of halogens is 3.